The second-order valence-electron chi connectivity index (χ2n) is 5.58. The third kappa shape index (κ3) is 5.71. The Hall–Kier alpha value is -1.61. The lowest BCUT2D eigenvalue weighted by molar-refractivity contribution is -0.162. The number of esters is 1. The standard InChI is InChI=1S/C16H22O3/c1-12(15(18)19-16(2,3)4)14(17)11-10-13-8-6-5-7-9-13/h5-12,14,17H,1-4H3/b11-10+/t12-,14-/m0/s1. The highest BCUT2D eigenvalue weighted by molar-refractivity contribution is 5.73. The van der Waals surface area contributed by atoms with Gasteiger partial charge >= 0.3 is 5.97 Å². The van der Waals surface area contributed by atoms with E-state index in [4.69, 9.17) is 4.74 Å². The average Bonchev–Trinajstić information content (AvgIpc) is 2.34. The van der Waals surface area contributed by atoms with Gasteiger partial charge in [-0.15, -0.1) is 0 Å². The van der Waals surface area contributed by atoms with Crippen molar-refractivity contribution in [1.82, 2.24) is 0 Å². The zero-order chi connectivity index (χ0) is 14.5. The molecule has 2 atom stereocenters. The van der Waals surface area contributed by atoms with E-state index in [9.17, 15) is 9.90 Å². The van der Waals surface area contributed by atoms with Crippen molar-refractivity contribution in [3.8, 4) is 0 Å². The maximum absolute atomic E-state index is 11.8. The minimum absolute atomic E-state index is 0.391. The third-order valence-corrected chi connectivity index (χ3v) is 2.58. The van der Waals surface area contributed by atoms with Gasteiger partial charge < -0.3 is 9.84 Å². The second kappa shape index (κ2) is 6.53. The van der Waals surface area contributed by atoms with Crippen LogP contribution in [0.2, 0.25) is 0 Å². The van der Waals surface area contributed by atoms with Gasteiger partial charge in [0.2, 0.25) is 0 Å². The van der Waals surface area contributed by atoms with Gasteiger partial charge in [-0.25, -0.2) is 0 Å². The first-order chi connectivity index (χ1) is 8.79. The lowest BCUT2D eigenvalue weighted by Gasteiger charge is -2.23. The molecule has 1 aromatic rings. The molecule has 19 heavy (non-hydrogen) atoms. The Balaban J connectivity index is 2.60. The van der Waals surface area contributed by atoms with E-state index < -0.39 is 23.6 Å². The highest BCUT2D eigenvalue weighted by atomic mass is 16.6. The van der Waals surface area contributed by atoms with Crippen molar-refractivity contribution in [1.29, 1.82) is 0 Å². The van der Waals surface area contributed by atoms with Crippen LogP contribution in [0.5, 0.6) is 0 Å². The van der Waals surface area contributed by atoms with Crippen LogP contribution in [0.4, 0.5) is 0 Å². The third-order valence-electron chi connectivity index (χ3n) is 2.58. The Kier molecular flexibility index (Phi) is 5.31. The number of ether oxygens (including phenoxy) is 1. The van der Waals surface area contributed by atoms with Crippen LogP contribution in [0.3, 0.4) is 0 Å². The summed E-state index contributed by atoms with van der Waals surface area (Å²) >= 11 is 0. The molecule has 0 unspecified atom stereocenters. The summed E-state index contributed by atoms with van der Waals surface area (Å²) in [6, 6.07) is 9.63. The van der Waals surface area contributed by atoms with E-state index in [1.54, 1.807) is 19.1 Å². The fraction of sp³-hybridized carbons (Fsp3) is 0.438. The summed E-state index contributed by atoms with van der Waals surface area (Å²) in [5.74, 6) is -0.975. The maximum atomic E-state index is 11.8. The van der Waals surface area contributed by atoms with Gasteiger partial charge in [-0.05, 0) is 33.3 Å². The number of carbonyl (C=O) groups is 1. The van der Waals surface area contributed by atoms with Gasteiger partial charge in [-0.2, -0.15) is 0 Å². The van der Waals surface area contributed by atoms with Gasteiger partial charge in [-0.3, -0.25) is 4.79 Å². The van der Waals surface area contributed by atoms with E-state index in [-0.39, 0.29) is 0 Å². The summed E-state index contributed by atoms with van der Waals surface area (Å²) in [7, 11) is 0. The molecule has 1 N–H and O–H groups in total. The van der Waals surface area contributed by atoms with Gasteiger partial charge in [0.05, 0.1) is 12.0 Å². The lowest BCUT2D eigenvalue weighted by Crippen LogP contribution is -2.32. The molecule has 0 saturated heterocycles. The average molecular weight is 262 g/mol. The molecule has 0 spiro atoms. The molecule has 1 rings (SSSR count). The van der Waals surface area contributed by atoms with Crippen LogP contribution in [0, 0.1) is 5.92 Å². The molecule has 3 heteroatoms. The Labute approximate surface area is 114 Å². The second-order valence-corrected chi connectivity index (χ2v) is 5.58. The van der Waals surface area contributed by atoms with Crippen molar-refractivity contribution in [3.63, 3.8) is 0 Å². The zero-order valence-corrected chi connectivity index (χ0v) is 12.0. The van der Waals surface area contributed by atoms with Crippen LogP contribution in [-0.4, -0.2) is 22.8 Å². The molecule has 0 amide bonds. The minimum Gasteiger partial charge on any atom is -0.460 e. The molecule has 0 aliphatic heterocycles. The first-order valence-corrected chi connectivity index (χ1v) is 6.44. The van der Waals surface area contributed by atoms with Crippen molar-refractivity contribution in [2.24, 2.45) is 5.92 Å². The van der Waals surface area contributed by atoms with Crippen LogP contribution in [-0.2, 0) is 9.53 Å². The number of rotatable bonds is 4. The molecule has 0 aliphatic carbocycles. The van der Waals surface area contributed by atoms with Crippen molar-refractivity contribution in [2.45, 2.75) is 39.4 Å². The number of benzene rings is 1. The monoisotopic (exact) mass is 262 g/mol. The highest BCUT2D eigenvalue weighted by Crippen LogP contribution is 2.15. The summed E-state index contributed by atoms with van der Waals surface area (Å²) in [4.78, 5) is 11.8. The van der Waals surface area contributed by atoms with Gasteiger partial charge in [0.1, 0.15) is 5.60 Å². The SMILES string of the molecule is C[C@H](C(=O)OC(C)(C)C)[C@@H](O)/C=C/c1ccccc1. The number of hydrogen-bond donors (Lipinski definition) is 1. The van der Waals surface area contributed by atoms with Gasteiger partial charge in [-0.1, -0.05) is 42.5 Å². The molecule has 0 radical (unpaired) electrons. The number of aliphatic hydroxyl groups is 1. The van der Waals surface area contributed by atoms with Crippen LogP contribution < -0.4 is 0 Å². The van der Waals surface area contributed by atoms with Crippen LogP contribution >= 0.6 is 0 Å². The van der Waals surface area contributed by atoms with E-state index in [0.717, 1.165) is 5.56 Å². The van der Waals surface area contributed by atoms with Crippen molar-refractivity contribution in [2.75, 3.05) is 0 Å². The maximum Gasteiger partial charge on any atom is 0.312 e. The molecule has 104 valence electrons. The molecular weight excluding hydrogens is 240 g/mol. The molecule has 1 aromatic carbocycles. The quantitative estimate of drug-likeness (QED) is 0.848. The summed E-state index contributed by atoms with van der Waals surface area (Å²) in [5, 5.41) is 9.96. The van der Waals surface area contributed by atoms with Crippen LogP contribution in [0.1, 0.15) is 33.3 Å². The molecule has 3 nitrogen and oxygen atoms in total. The van der Waals surface area contributed by atoms with Gasteiger partial charge in [0, 0.05) is 0 Å². The summed E-state index contributed by atoms with van der Waals surface area (Å²) < 4.78 is 5.24. The summed E-state index contributed by atoms with van der Waals surface area (Å²) in [6.07, 6.45) is 2.56. The fourth-order valence-corrected chi connectivity index (χ4v) is 1.47. The van der Waals surface area contributed by atoms with Crippen molar-refractivity contribution in [3.05, 3.63) is 42.0 Å². The molecular formula is C16H22O3. The summed E-state index contributed by atoms with van der Waals surface area (Å²) in [6.45, 7) is 7.09. The smallest absolute Gasteiger partial charge is 0.312 e. The van der Waals surface area contributed by atoms with Crippen LogP contribution in [0.15, 0.2) is 36.4 Å². The molecule has 0 fully saturated rings. The van der Waals surface area contributed by atoms with Crippen molar-refractivity contribution >= 4 is 12.0 Å². The van der Waals surface area contributed by atoms with E-state index >= 15 is 0 Å². The molecule has 0 heterocycles. The number of carbonyl (C=O) groups excluding carboxylic acids is 1. The number of aliphatic hydroxyl groups excluding tert-OH is 1. The molecule has 0 saturated carbocycles. The van der Waals surface area contributed by atoms with E-state index in [2.05, 4.69) is 0 Å². The normalized spacial score (nSPS) is 15.2. The van der Waals surface area contributed by atoms with Gasteiger partial charge in [0.25, 0.3) is 0 Å². The molecule has 0 bridgehead atoms. The minimum atomic E-state index is -0.852. The van der Waals surface area contributed by atoms with E-state index in [1.807, 2.05) is 51.1 Å². The topological polar surface area (TPSA) is 46.5 Å². The largest absolute Gasteiger partial charge is 0.460 e. The van der Waals surface area contributed by atoms with Crippen molar-refractivity contribution < 1.29 is 14.6 Å². The lowest BCUT2D eigenvalue weighted by atomic mass is 10.0. The Morgan fingerprint density at radius 1 is 1.26 bits per heavy atom. The predicted octanol–water partition coefficient (Wildman–Crippen LogP) is 3.04. The Morgan fingerprint density at radius 3 is 2.37 bits per heavy atom. The first kappa shape index (κ1) is 15.4. The van der Waals surface area contributed by atoms with E-state index in [1.165, 1.54) is 0 Å². The van der Waals surface area contributed by atoms with E-state index in [0.29, 0.717) is 0 Å². The highest BCUT2D eigenvalue weighted by Gasteiger charge is 2.25. The fourth-order valence-electron chi connectivity index (χ4n) is 1.47. The van der Waals surface area contributed by atoms with Gasteiger partial charge in [0.15, 0.2) is 0 Å². The Morgan fingerprint density at radius 2 is 1.84 bits per heavy atom. The summed E-state index contributed by atoms with van der Waals surface area (Å²) in [5.41, 5.74) is 0.451. The van der Waals surface area contributed by atoms with Crippen LogP contribution in [0.25, 0.3) is 6.08 Å². The molecule has 0 aliphatic rings. The predicted molar refractivity (Wildman–Crippen MR) is 76.5 cm³/mol. The molecule has 0 aromatic heterocycles. The Bertz CT molecular complexity index is 429. The zero-order valence-electron chi connectivity index (χ0n) is 12.0. The first-order valence-electron chi connectivity index (χ1n) is 6.44. The number of hydrogen-bond acceptors (Lipinski definition) is 3.